The summed E-state index contributed by atoms with van der Waals surface area (Å²) < 4.78 is 14.4. The van der Waals surface area contributed by atoms with Gasteiger partial charge in [-0.1, -0.05) is 11.6 Å². The van der Waals surface area contributed by atoms with Gasteiger partial charge in [0.25, 0.3) is 0 Å². The zero-order valence-electron chi connectivity index (χ0n) is 15.9. The maximum absolute atomic E-state index is 14.4. The van der Waals surface area contributed by atoms with E-state index in [-0.39, 0.29) is 17.9 Å². The number of nitrogens with one attached hydrogen (secondary N) is 4. The quantitative estimate of drug-likeness (QED) is 0.390. The first-order chi connectivity index (χ1) is 14.0. The van der Waals surface area contributed by atoms with E-state index in [4.69, 9.17) is 11.6 Å². The smallest absolute Gasteiger partial charge is 0.183 e. The molecule has 0 aromatic carbocycles. The van der Waals surface area contributed by atoms with Crippen LogP contribution in [0.5, 0.6) is 0 Å². The summed E-state index contributed by atoms with van der Waals surface area (Å²) in [6.07, 6.45) is 7.29. The Morgan fingerprint density at radius 2 is 2.10 bits per heavy atom. The summed E-state index contributed by atoms with van der Waals surface area (Å²) in [6, 6.07) is 1.96. The van der Waals surface area contributed by atoms with Gasteiger partial charge in [-0.05, 0) is 38.8 Å². The Hall–Kier alpha value is -2.33. The molecule has 4 rings (SSSR count). The normalized spacial score (nSPS) is 20.7. The van der Waals surface area contributed by atoms with Crippen LogP contribution in [0.15, 0.2) is 24.7 Å². The Labute approximate surface area is 172 Å². The lowest BCUT2D eigenvalue weighted by Crippen LogP contribution is -2.49. The summed E-state index contributed by atoms with van der Waals surface area (Å²) in [6.45, 7) is 0. The van der Waals surface area contributed by atoms with Crippen LogP contribution in [0.25, 0.3) is 22.4 Å². The molecule has 1 saturated carbocycles. The van der Waals surface area contributed by atoms with Gasteiger partial charge < -0.3 is 15.4 Å². The van der Waals surface area contributed by atoms with Crippen molar-refractivity contribution in [3.63, 3.8) is 0 Å². The molecule has 3 aromatic heterocycles. The van der Waals surface area contributed by atoms with Crippen molar-refractivity contribution in [1.82, 2.24) is 30.6 Å². The maximum Gasteiger partial charge on any atom is 0.183 e. The van der Waals surface area contributed by atoms with Crippen molar-refractivity contribution in [2.45, 2.75) is 44.1 Å². The van der Waals surface area contributed by atoms with Crippen molar-refractivity contribution in [2.24, 2.45) is 0 Å². The molecular formula is C19H23ClFN7O. The van der Waals surface area contributed by atoms with Crippen LogP contribution in [0.2, 0.25) is 5.02 Å². The second kappa shape index (κ2) is 8.58. The topological polar surface area (TPSA) is 111 Å². The molecule has 154 valence electrons. The molecule has 29 heavy (non-hydrogen) atoms. The van der Waals surface area contributed by atoms with Gasteiger partial charge in [0.05, 0.1) is 11.2 Å². The Kier molecular flexibility index (Phi) is 5.91. The van der Waals surface area contributed by atoms with Gasteiger partial charge in [0.1, 0.15) is 5.65 Å². The first-order valence-corrected chi connectivity index (χ1v) is 9.94. The number of pyridine rings is 1. The van der Waals surface area contributed by atoms with E-state index in [1.165, 1.54) is 6.20 Å². The number of fused-ring (bicyclic) bond motifs is 1. The first-order valence-electron chi connectivity index (χ1n) is 9.57. The number of hydrogen-bond donors (Lipinski definition) is 5. The Balaban J connectivity index is 1.55. The number of nitrogens with zero attached hydrogens (tertiary/aromatic N) is 3. The lowest BCUT2D eigenvalue weighted by molar-refractivity contribution is 0.0877. The minimum absolute atomic E-state index is 0.0432. The van der Waals surface area contributed by atoms with Crippen molar-refractivity contribution >= 4 is 28.5 Å². The van der Waals surface area contributed by atoms with E-state index in [1.807, 2.05) is 0 Å². The van der Waals surface area contributed by atoms with Gasteiger partial charge in [-0.25, -0.2) is 19.3 Å². The molecule has 0 radical (unpaired) electrons. The fourth-order valence-electron chi connectivity index (χ4n) is 3.73. The highest BCUT2D eigenvalue weighted by atomic mass is 35.5. The number of aliphatic hydroxyl groups excluding tert-OH is 1. The van der Waals surface area contributed by atoms with Crippen LogP contribution in [0.1, 0.15) is 25.7 Å². The minimum Gasteiger partial charge on any atom is -0.365 e. The van der Waals surface area contributed by atoms with Crippen LogP contribution in [0.4, 0.5) is 10.2 Å². The molecular weight excluding hydrogens is 397 g/mol. The number of rotatable bonds is 6. The molecule has 3 aromatic rings. The molecule has 0 aliphatic heterocycles. The monoisotopic (exact) mass is 419 g/mol. The van der Waals surface area contributed by atoms with E-state index in [0.29, 0.717) is 22.1 Å². The molecule has 0 bridgehead atoms. The van der Waals surface area contributed by atoms with E-state index in [2.05, 4.69) is 35.9 Å². The third-order valence-electron chi connectivity index (χ3n) is 5.16. The van der Waals surface area contributed by atoms with E-state index < -0.39 is 12.2 Å². The number of anilines is 1. The average Bonchev–Trinajstić information content (AvgIpc) is 3.13. The minimum atomic E-state index is -0.761. The fraction of sp³-hybridized carbons (Fsp3) is 0.421. The van der Waals surface area contributed by atoms with Crippen LogP contribution in [-0.4, -0.2) is 50.5 Å². The maximum atomic E-state index is 14.4. The Morgan fingerprint density at radius 1 is 1.28 bits per heavy atom. The van der Waals surface area contributed by atoms with Crippen molar-refractivity contribution in [3.8, 4) is 11.4 Å². The van der Waals surface area contributed by atoms with Crippen molar-refractivity contribution in [1.29, 1.82) is 0 Å². The van der Waals surface area contributed by atoms with E-state index in [0.717, 1.165) is 31.1 Å². The molecule has 0 saturated heterocycles. The van der Waals surface area contributed by atoms with Gasteiger partial charge in [0.15, 0.2) is 23.8 Å². The average molecular weight is 420 g/mol. The number of aromatic amines is 1. The molecule has 1 aliphatic carbocycles. The zero-order valence-corrected chi connectivity index (χ0v) is 16.7. The predicted octanol–water partition coefficient (Wildman–Crippen LogP) is 2.62. The van der Waals surface area contributed by atoms with Crippen molar-refractivity contribution in [3.05, 3.63) is 35.5 Å². The van der Waals surface area contributed by atoms with Gasteiger partial charge in [-0.2, -0.15) is 0 Å². The highest BCUT2D eigenvalue weighted by Crippen LogP contribution is 2.29. The van der Waals surface area contributed by atoms with E-state index in [9.17, 15) is 9.50 Å². The number of aromatic nitrogens is 4. The highest BCUT2D eigenvalue weighted by Gasteiger charge is 2.24. The second-order valence-electron chi connectivity index (χ2n) is 7.20. The number of aliphatic hydroxyl groups is 1. The zero-order chi connectivity index (χ0) is 20.4. The predicted molar refractivity (Wildman–Crippen MR) is 110 cm³/mol. The van der Waals surface area contributed by atoms with Crippen LogP contribution in [-0.2, 0) is 0 Å². The number of halogens is 2. The molecule has 5 N–H and O–H groups in total. The summed E-state index contributed by atoms with van der Waals surface area (Å²) in [7, 11) is 1.68. The van der Waals surface area contributed by atoms with E-state index in [1.54, 1.807) is 25.5 Å². The van der Waals surface area contributed by atoms with Crippen molar-refractivity contribution in [2.75, 3.05) is 12.4 Å². The Bertz CT molecular complexity index is 998. The lowest BCUT2D eigenvalue weighted by Gasteiger charge is -2.32. The largest absolute Gasteiger partial charge is 0.365 e. The molecule has 8 nitrogen and oxygen atoms in total. The summed E-state index contributed by atoms with van der Waals surface area (Å²) in [5, 5.41) is 20.1. The Morgan fingerprint density at radius 3 is 2.93 bits per heavy atom. The molecule has 1 aliphatic rings. The number of H-pyrrole nitrogens is 1. The molecule has 1 fully saturated rings. The molecule has 0 amide bonds. The molecule has 3 heterocycles. The first kappa shape index (κ1) is 20.0. The second-order valence-corrected chi connectivity index (χ2v) is 7.64. The van der Waals surface area contributed by atoms with Gasteiger partial charge in [-0.15, -0.1) is 0 Å². The SMILES string of the molecule is CNC(O)NC1CCCC(Nc2nc(-c3c[nH]c4ncc(Cl)cc34)ncc2F)C1. The standard InChI is InChI=1S/C19H23ClFN7O/c1-22-19(29)27-12-4-2-3-11(6-12)26-18-15(21)9-25-17(28-18)14-8-24-16-13(14)5-10(20)7-23-16/h5,7-9,11-12,19,22,27,29H,2-4,6H2,1H3,(H,23,24)(H,25,26,28). The van der Waals surface area contributed by atoms with E-state index >= 15 is 0 Å². The summed E-state index contributed by atoms with van der Waals surface area (Å²) in [5.41, 5.74) is 1.37. The van der Waals surface area contributed by atoms with Gasteiger partial charge in [0, 0.05) is 35.4 Å². The van der Waals surface area contributed by atoms with Gasteiger partial charge in [0.2, 0.25) is 0 Å². The summed E-state index contributed by atoms with van der Waals surface area (Å²) >= 11 is 6.06. The van der Waals surface area contributed by atoms with Crippen molar-refractivity contribution < 1.29 is 9.50 Å². The lowest BCUT2D eigenvalue weighted by atomic mass is 9.91. The summed E-state index contributed by atoms with van der Waals surface area (Å²) in [4.78, 5) is 15.9. The molecule has 3 atom stereocenters. The summed E-state index contributed by atoms with van der Waals surface area (Å²) in [5.74, 6) is 0.0505. The third-order valence-corrected chi connectivity index (χ3v) is 5.37. The van der Waals surface area contributed by atoms with Crippen LogP contribution in [0.3, 0.4) is 0 Å². The van der Waals surface area contributed by atoms with Crippen LogP contribution < -0.4 is 16.0 Å². The highest BCUT2D eigenvalue weighted by molar-refractivity contribution is 6.31. The number of hydrogen-bond acceptors (Lipinski definition) is 7. The molecule has 3 unspecified atom stereocenters. The fourth-order valence-corrected chi connectivity index (χ4v) is 3.89. The van der Waals surface area contributed by atoms with Crippen LogP contribution >= 0.6 is 11.6 Å². The third kappa shape index (κ3) is 4.48. The van der Waals surface area contributed by atoms with Gasteiger partial charge in [-0.3, -0.25) is 10.6 Å². The van der Waals surface area contributed by atoms with Gasteiger partial charge >= 0.3 is 0 Å². The van der Waals surface area contributed by atoms with Crippen LogP contribution in [0, 0.1) is 5.82 Å². The molecule has 0 spiro atoms. The molecule has 10 heteroatoms.